The van der Waals surface area contributed by atoms with E-state index in [0.717, 1.165) is 6.07 Å². The maximum Gasteiger partial charge on any atom is 0.490 e. The fourth-order valence-electron chi connectivity index (χ4n) is 3.06. The molecule has 1 N–H and O–H groups in total. The number of hydrogen-bond acceptors (Lipinski definition) is 10. The monoisotopic (exact) mass is 403 g/mol. The molecule has 0 radical (unpaired) electrons. The molecule has 150 valence electrons. The lowest BCUT2D eigenvalue weighted by Gasteiger charge is -2.26. The first-order chi connectivity index (χ1) is 13.9. The van der Waals surface area contributed by atoms with Gasteiger partial charge in [-0.3, -0.25) is 14.9 Å². The zero-order valence-corrected chi connectivity index (χ0v) is 14.6. The number of nitrogens with one attached hydrogen (secondary N) is 1. The number of non-ortho nitro benzene ring substituents is 1. The van der Waals surface area contributed by atoms with E-state index >= 15 is 0 Å². The minimum Gasteiger partial charge on any atom is -0.390 e. The Balaban J connectivity index is 1.51. The average molecular weight is 403 g/mol. The van der Waals surface area contributed by atoms with Gasteiger partial charge in [-0.05, 0) is 11.0 Å². The van der Waals surface area contributed by atoms with Gasteiger partial charge in [0.05, 0.1) is 17.2 Å². The Morgan fingerprint density at radius 1 is 1.31 bits per heavy atom. The number of amides is 1. The predicted octanol–water partition coefficient (Wildman–Crippen LogP) is 0.567. The van der Waals surface area contributed by atoms with Crippen molar-refractivity contribution in [1.82, 2.24) is 20.2 Å². The number of rotatable bonds is 5. The lowest BCUT2D eigenvalue weighted by atomic mass is 10.0. The molecule has 1 aromatic heterocycles. The number of aromatic nitrogens is 3. The molecule has 0 saturated carbocycles. The quantitative estimate of drug-likeness (QED) is 0.552. The molecule has 2 fully saturated rings. The normalized spacial score (nSPS) is 24.4. The second-order valence-corrected chi connectivity index (χ2v) is 6.24. The Labute approximate surface area is 161 Å². The molecule has 3 atom stereocenters. The topological polar surface area (TPSA) is 177 Å². The van der Waals surface area contributed by atoms with Crippen LogP contribution in [0.15, 0.2) is 35.7 Å². The van der Waals surface area contributed by atoms with Crippen LogP contribution in [0.3, 0.4) is 0 Å². The molecule has 1 aromatic carbocycles. The molecule has 3 heterocycles. The predicted molar refractivity (Wildman–Crippen MR) is 92.9 cm³/mol. The number of carbonyl (C=O) groups is 1. The molecule has 14 heteroatoms. The van der Waals surface area contributed by atoms with Crippen LogP contribution in [0.4, 0.5) is 11.6 Å². The lowest BCUT2D eigenvalue weighted by molar-refractivity contribution is -0.394. The third-order valence-electron chi connectivity index (χ3n) is 4.45. The summed E-state index contributed by atoms with van der Waals surface area (Å²) in [6.07, 6.45) is 0.322. The summed E-state index contributed by atoms with van der Waals surface area (Å²) in [4.78, 5) is 36.2. The first-order valence-electron chi connectivity index (χ1n) is 8.36. The molecule has 4 rings (SSSR count). The molecular weight excluding hydrogens is 390 g/mol. The van der Waals surface area contributed by atoms with Crippen LogP contribution in [-0.4, -0.2) is 55.2 Å². The van der Waals surface area contributed by atoms with Crippen molar-refractivity contribution in [3.63, 3.8) is 0 Å². The maximum atomic E-state index is 12.3. The molecule has 0 aliphatic carbocycles. The minimum atomic E-state index is -0.764. The number of hydrazone groups is 1. The van der Waals surface area contributed by atoms with Gasteiger partial charge in [0.1, 0.15) is 12.1 Å². The number of fused-ring (bicyclic) bond motifs is 2. The highest BCUT2D eigenvalue weighted by Gasteiger charge is 2.44. The summed E-state index contributed by atoms with van der Waals surface area (Å²) >= 11 is 0. The molecular formula is C15H13N7O7. The van der Waals surface area contributed by atoms with Crippen LogP contribution in [-0.2, 0) is 9.47 Å². The van der Waals surface area contributed by atoms with Gasteiger partial charge in [-0.2, -0.15) is 9.78 Å². The van der Waals surface area contributed by atoms with Crippen LogP contribution < -0.4 is 5.43 Å². The molecule has 2 bridgehead atoms. The van der Waals surface area contributed by atoms with Crippen molar-refractivity contribution in [2.24, 2.45) is 5.10 Å². The number of nitro benzene ring substituents is 1. The summed E-state index contributed by atoms with van der Waals surface area (Å²) in [6, 6.07) is 4.75. The molecule has 2 aliphatic heterocycles. The van der Waals surface area contributed by atoms with Gasteiger partial charge in [-0.1, -0.05) is 11.1 Å². The van der Waals surface area contributed by atoms with E-state index in [1.807, 2.05) is 0 Å². The highest BCUT2D eigenvalue weighted by Crippen LogP contribution is 2.33. The number of nitro groups is 2. The van der Waals surface area contributed by atoms with Crippen LogP contribution in [0.25, 0.3) is 0 Å². The number of carbonyl (C=O) groups excluding carboxylic acids is 1. The zero-order chi connectivity index (χ0) is 20.5. The summed E-state index contributed by atoms with van der Waals surface area (Å²) in [5, 5.41) is 29.5. The first-order valence-corrected chi connectivity index (χ1v) is 8.36. The third kappa shape index (κ3) is 3.65. The van der Waals surface area contributed by atoms with Crippen molar-refractivity contribution in [1.29, 1.82) is 0 Å². The zero-order valence-electron chi connectivity index (χ0n) is 14.6. The SMILES string of the molecule is O=C(N/N=C1\C[C@H](n2cnc([N+](=O)[O-])n2)[C@H]2CO[C@@H]1O2)c1cccc([N+](=O)[O-])c1. The van der Waals surface area contributed by atoms with Crippen molar-refractivity contribution in [2.45, 2.75) is 24.9 Å². The molecule has 1 amide bonds. The Morgan fingerprint density at radius 2 is 2.14 bits per heavy atom. The Morgan fingerprint density at radius 3 is 2.86 bits per heavy atom. The van der Waals surface area contributed by atoms with E-state index in [0.29, 0.717) is 5.71 Å². The highest BCUT2D eigenvalue weighted by atomic mass is 16.7. The van der Waals surface area contributed by atoms with Gasteiger partial charge in [0.15, 0.2) is 6.29 Å². The van der Waals surface area contributed by atoms with Crippen molar-refractivity contribution in [3.05, 3.63) is 56.4 Å². The van der Waals surface area contributed by atoms with Crippen LogP contribution in [0, 0.1) is 20.2 Å². The average Bonchev–Trinajstić information content (AvgIpc) is 3.36. The number of ether oxygens (including phenoxy) is 2. The van der Waals surface area contributed by atoms with E-state index in [2.05, 4.69) is 20.6 Å². The largest absolute Gasteiger partial charge is 0.490 e. The standard InChI is InChI=1S/C15H13N7O7/c23-13(8-2-1-3-9(4-8)21(24)25)18-17-10-5-11(12-6-28-14(10)29-12)20-7-16-15(19-20)22(26)27/h1-4,7,11-12,14H,5-6H2,(H,18,23)/b17-10+/t11-,12+,14+/m0/s1. The molecule has 2 aromatic rings. The molecule has 14 nitrogen and oxygen atoms in total. The lowest BCUT2D eigenvalue weighted by Crippen LogP contribution is -2.38. The van der Waals surface area contributed by atoms with E-state index < -0.39 is 40.1 Å². The Hall–Kier alpha value is -3.78. The second kappa shape index (κ2) is 7.33. The van der Waals surface area contributed by atoms with Crippen LogP contribution >= 0.6 is 0 Å². The fourth-order valence-corrected chi connectivity index (χ4v) is 3.06. The van der Waals surface area contributed by atoms with Gasteiger partial charge in [0.25, 0.3) is 11.6 Å². The van der Waals surface area contributed by atoms with E-state index in [1.54, 1.807) is 0 Å². The Bertz CT molecular complexity index is 1020. The van der Waals surface area contributed by atoms with Crippen molar-refractivity contribution >= 4 is 23.3 Å². The third-order valence-corrected chi connectivity index (χ3v) is 4.45. The van der Waals surface area contributed by atoms with Gasteiger partial charge in [-0.15, -0.1) is 0 Å². The van der Waals surface area contributed by atoms with Crippen molar-refractivity contribution in [3.8, 4) is 0 Å². The van der Waals surface area contributed by atoms with Gasteiger partial charge < -0.3 is 19.6 Å². The number of nitrogens with zero attached hydrogens (tertiary/aromatic N) is 6. The fraction of sp³-hybridized carbons (Fsp3) is 0.333. The van der Waals surface area contributed by atoms with E-state index in [4.69, 9.17) is 9.47 Å². The molecule has 29 heavy (non-hydrogen) atoms. The van der Waals surface area contributed by atoms with Crippen LogP contribution in [0.5, 0.6) is 0 Å². The van der Waals surface area contributed by atoms with Gasteiger partial charge in [0, 0.05) is 29.2 Å². The number of benzene rings is 1. The highest BCUT2D eigenvalue weighted by molar-refractivity contribution is 5.96. The van der Waals surface area contributed by atoms with Crippen LogP contribution in [0.2, 0.25) is 0 Å². The Kier molecular flexibility index (Phi) is 4.69. The van der Waals surface area contributed by atoms with Gasteiger partial charge in [0.2, 0.25) is 6.33 Å². The van der Waals surface area contributed by atoms with Gasteiger partial charge in [-0.25, -0.2) is 5.43 Å². The summed E-state index contributed by atoms with van der Waals surface area (Å²) < 4.78 is 12.5. The molecule has 2 aliphatic rings. The molecule has 2 saturated heterocycles. The summed E-state index contributed by atoms with van der Waals surface area (Å²) in [5.41, 5.74) is 2.52. The van der Waals surface area contributed by atoms with Gasteiger partial charge >= 0.3 is 5.95 Å². The summed E-state index contributed by atoms with van der Waals surface area (Å²) in [5.74, 6) is -1.18. The van der Waals surface area contributed by atoms with Crippen molar-refractivity contribution < 1.29 is 24.1 Å². The number of hydrogen-bond donors (Lipinski definition) is 1. The van der Waals surface area contributed by atoms with E-state index in [-0.39, 0.29) is 24.3 Å². The summed E-state index contributed by atoms with van der Waals surface area (Å²) in [6.45, 7) is 0.223. The summed E-state index contributed by atoms with van der Waals surface area (Å²) in [7, 11) is 0. The first kappa shape index (κ1) is 18.6. The van der Waals surface area contributed by atoms with Crippen LogP contribution in [0.1, 0.15) is 22.8 Å². The molecule has 0 unspecified atom stereocenters. The maximum absolute atomic E-state index is 12.3. The minimum absolute atomic E-state index is 0.0638. The smallest absolute Gasteiger partial charge is 0.390 e. The van der Waals surface area contributed by atoms with E-state index in [1.165, 1.54) is 29.2 Å². The second-order valence-electron chi connectivity index (χ2n) is 6.24. The van der Waals surface area contributed by atoms with Crippen molar-refractivity contribution in [2.75, 3.05) is 6.61 Å². The molecule has 0 spiro atoms. The van der Waals surface area contributed by atoms with E-state index in [9.17, 15) is 25.0 Å².